The fraction of sp³-hybridized carbons (Fsp3) is 1.00. The first-order valence-electron chi connectivity index (χ1n) is 7.86. The molecule has 21 heavy (non-hydrogen) atoms. The summed E-state index contributed by atoms with van der Waals surface area (Å²) in [5, 5.41) is -0.364. The van der Waals surface area contributed by atoms with Crippen LogP contribution in [0, 0.1) is 0 Å². The summed E-state index contributed by atoms with van der Waals surface area (Å²) in [4.78, 5) is 4.65. The van der Waals surface area contributed by atoms with Crippen LogP contribution in [0.25, 0.3) is 0 Å². The van der Waals surface area contributed by atoms with Gasteiger partial charge in [0.1, 0.15) is 5.37 Å². The minimum Gasteiger partial charge on any atom is -0.329 e. The number of sulfone groups is 1. The second-order valence-corrected chi connectivity index (χ2v) is 10.0. The molecule has 0 aliphatic carbocycles. The van der Waals surface area contributed by atoms with Crippen molar-refractivity contribution in [1.29, 1.82) is 0 Å². The number of hydrogen-bond donors (Lipinski definition) is 1. The van der Waals surface area contributed by atoms with Crippen LogP contribution in [-0.2, 0) is 9.84 Å². The summed E-state index contributed by atoms with van der Waals surface area (Å²) in [6.45, 7) is 9.40. The second-order valence-electron chi connectivity index (χ2n) is 6.42. The van der Waals surface area contributed by atoms with Crippen LogP contribution in [0.2, 0.25) is 0 Å². The molecule has 0 saturated carbocycles. The summed E-state index contributed by atoms with van der Waals surface area (Å²) in [7, 11) is -3.06. The number of nitrogens with zero attached hydrogens (tertiary/aromatic N) is 2. The predicted octanol–water partition coefficient (Wildman–Crippen LogP) is 0.608. The van der Waals surface area contributed by atoms with Gasteiger partial charge in [-0.05, 0) is 20.3 Å². The summed E-state index contributed by atoms with van der Waals surface area (Å²) in [6.07, 6.45) is 0.974. The SMILES string of the molecule is CCS(=O)(=O)C1CSCCN1C1(CN)CCN(C(C)C)C1. The zero-order chi connectivity index (χ0) is 15.7. The van der Waals surface area contributed by atoms with E-state index in [1.807, 2.05) is 0 Å². The van der Waals surface area contributed by atoms with Crippen LogP contribution >= 0.6 is 11.8 Å². The average Bonchev–Trinajstić information content (AvgIpc) is 2.93. The van der Waals surface area contributed by atoms with Crippen molar-refractivity contribution < 1.29 is 8.42 Å². The Morgan fingerprint density at radius 2 is 2.10 bits per heavy atom. The van der Waals surface area contributed by atoms with Crippen LogP contribution in [-0.4, -0.2) is 78.6 Å². The maximum absolute atomic E-state index is 12.5. The van der Waals surface area contributed by atoms with Crippen molar-refractivity contribution in [2.24, 2.45) is 5.73 Å². The van der Waals surface area contributed by atoms with Crippen molar-refractivity contribution in [2.45, 2.75) is 44.1 Å². The third-order valence-corrected chi connectivity index (χ3v) is 8.27. The monoisotopic (exact) mass is 335 g/mol. The number of nitrogens with two attached hydrogens (primary N) is 1. The molecule has 0 aromatic rings. The van der Waals surface area contributed by atoms with E-state index in [4.69, 9.17) is 5.73 Å². The lowest BCUT2D eigenvalue weighted by Gasteiger charge is -2.47. The van der Waals surface area contributed by atoms with Gasteiger partial charge in [-0.25, -0.2) is 8.42 Å². The van der Waals surface area contributed by atoms with Gasteiger partial charge in [-0.3, -0.25) is 9.80 Å². The number of thioether (sulfide) groups is 1. The molecule has 2 aliphatic heterocycles. The predicted molar refractivity (Wildman–Crippen MR) is 90.4 cm³/mol. The average molecular weight is 336 g/mol. The Balaban J connectivity index is 2.27. The summed E-state index contributed by atoms with van der Waals surface area (Å²) >= 11 is 1.75. The van der Waals surface area contributed by atoms with E-state index in [0.717, 1.165) is 31.8 Å². The Morgan fingerprint density at radius 1 is 1.38 bits per heavy atom. The number of hydrogen-bond acceptors (Lipinski definition) is 6. The van der Waals surface area contributed by atoms with Crippen LogP contribution in [0.5, 0.6) is 0 Å². The van der Waals surface area contributed by atoms with Crippen molar-refractivity contribution in [3.63, 3.8) is 0 Å². The molecule has 0 amide bonds. The smallest absolute Gasteiger partial charge is 0.166 e. The summed E-state index contributed by atoms with van der Waals surface area (Å²) in [5.41, 5.74) is 5.97. The molecular weight excluding hydrogens is 306 g/mol. The first-order valence-corrected chi connectivity index (χ1v) is 10.7. The molecule has 5 nitrogen and oxygen atoms in total. The van der Waals surface area contributed by atoms with Crippen molar-refractivity contribution in [3.05, 3.63) is 0 Å². The second kappa shape index (κ2) is 6.74. The third-order valence-electron chi connectivity index (χ3n) is 4.98. The minimum absolute atomic E-state index is 0.168. The molecule has 124 valence electrons. The topological polar surface area (TPSA) is 66.6 Å². The summed E-state index contributed by atoms with van der Waals surface area (Å²) in [6, 6.07) is 0.485. The van der Waals surface area contributed by atoms with E-state index in [1.165, 1.54) is 0 Å². The van der Waals surface area contributed by atoms with Gasteiger partial charge in [-0.15, -0.1) is 0 Å². The lowest BCUT2D eigenvalue weighted by Crippen LogP contribution is -2.63. The largest absolute Gasteiger partial charge is 0.329 e. The lowest BCUT2D eigenvalue weighted by atomic mass is 9.96. The fourth-order valence-corrected chi connectivity index (χ4v) is 6.55. The molecule has 2 atom stereocenters. The molecule has 2 aliphatic rings. The first kappa shape index (κ1) is 17.5. The molecule has 0 radical (unpaired) electrons. The molecule has 7 heteroatoms. The molecule has 2 rings (SSSR count). The van der Waals surface area contributed by atoms with Gasteiger partial charge in [0.25, 0.3) is 0 Å². The Labute approximate surface area is 133 Å². The molecule has 2 N–H and O–H groups in total. The highest BCUT2D eigenvalue weighted by Crippen LogP contribution is 2.35. The standard InChI is InChI=1S/C14H29N3O2S2/c1-4-21(18,19)13-9-20-8-7-17(13)14(10-15)5-6-16(11-14)12(2)3/h12-13H,4-11,15H2,1-3H3. The highest BCUT2D eigenvalue weighted by atomic mass is 32.2. The first-order chi connectivity index (χ1) is 9.86. The van der Waals surface area contributed by atoms with Gasteiger partial charge >= 0.3 is 0 Å². The van der Waals surface area contributed by atoms with Crippen molar-refractivity contribution in [1.82, 2.24) is 9.80 Å². The highest BCUT2D eigenvalue weighted by Gasteiger charge is 2.48. The fourth-order valence-electron chi connectivity index (χ4n) is 3.46. The van der Waals surface area contributed by atoms with Crippen LogP contribution in [0.1, 0.15) is 27.2 Å². The molecule has 0 aromatic carbocycles. The molecule has 0 spiro atoms. The van der Waals surface area contributed by atoms with Crippen LogP contribution in [0.4, 0.5) is 0 Å². The van der Waals surface area contributed by atoms with Gasteiger partial charge in [0, 0.05) is 55.0 Å². The van der Waals surface area contributed by atoms with E-state index in [2.05, 4.69) is 23.6 Å². The Hall–Kier alpha value is 0.180. The molecule has 2 saturated heterocycles. The molecule has 0 aromatic heterocycles. The van der Waals surface area contributed by atoms with E-state index in [9.17, 15) is 8.42 Å². The minimum atomic E-state index is -3.06. The summed E-state index contributed by atoms with van der Waals surface area (Å²) in [5.74, 6) is 1.89. The van der Waals surface area contributed by atoms with Crippen LogP contribution in [0.15, 0.2) is 0 Å². The quantitative estimate of drug-likeness (QED) is 0.794. The van der Waals surface area contributed by atoms with Gasteiger partial charge in [0.05, 0.1) is 0 Å². The Morgan fingerprint density at radius 3 is 2.62 bits per heavy atom. The van der Waals surface area contributed by atoms with Gasteiger partial charge in [-0.1, -0.05) is 6.92 Å². The van der Waals surface area contributed by atoms with E-state index >= 15 is 0 Å². The van der Waals surface area contributed by atoms with Crippen LogP contribution < -0.4 is 5.73 Å². The van der Waals surface area contributed by atoms with Gasteiger partial charge in [-0.2, -0.15) is 11.8 Å². The number of rotatable bonds is 5. The van der Waals surface area contributed by atoms with Gasteiger partial charge in [0.15, 0.2) is 9.84 Å². The molecule has 0 bridgehead atoms. The van der Waals surface area contributed by atoms with Gasteiger partial charge in [0.2, 0.25) is 0 Å². The van der Waals surface area contributed by atoms with Crippen molar-refractivity contribution >= 4 is 21.6 Å². The normalized spacial score (nSPS) is 32.9. The highest BCUT2D eigenvalue weighted by molar-refractivity contribution is 8.01. The Bertz CT molecular complexity index is 455. The Kier molecular flexibility index (Phi) is 5.63. The maximum atomic E-state index is 12.5. The number of likely N-dealkylation sites (tertiary alicyclic amines) is 1. The maximum Gasteiger partial charge on any atom is 0.166 e. The zero-order valence-corrected chi connectivity index (χ0v) is 15.0. The van der Waals surface area contributed by atoms with Gasteiger partial charge < -0.3 is 5.73 Å². The van der Waals surface area contributed by atoms with Crippen molar-refractivity contribution in [3.8, 4) is 0 Å². The lowest BCUT2D eigenvalue weighted by molar-refractivity contribution is 0.0899. The molecule has 2 fully saturated rings. The summed E-state index contributed by atoms with van der Waals surface area (Å²) < 4.78 is 25.0. The molecular formula is C14H29N3O2S2. The van der Waals surface area contributed by atoms with Crippen LogP contribution in [0.3, 0.4) is 0 Å². The van der Waals surface area contributed by atoms with E-state index in [-0.39, 0.29) is 16.7 Å². The van der Waals surface area contributed by atoms with E-state index < -0.39 is 9.84 Å². The third kappa shape index (κ3) is 3.42. The zero-order valence-electron chi connectivity index (χ0n) is 13.4. The molecule has 2 heterocycles. The molecule has 2 unspecified atom stereocenters. The van der Waals surface area contributed by atoms with E-state index in [0.29, 0.717) is 18.3 Å². The van der Waals surface area contributed by atoms with E-state index in [1.54, 1.807) is 18.7 Å². The van der Waals surface area contributed by atoms with Crippen molar-refractivity contribution in [2.75, 3.05) is 43.4 Å².